The summed E-state index contributed by atoms with van der Waals surface area (Å²) in [4.78, 5) is 1.43. The van der Waals surface area contributed by atoms with E-state index in [9.17, 15) is 23.2 Å². The molecule has 3 aromatic carbocycles. The molecular weight excluding hydrogens is 370 g/mol. The zero-order valence-electron chi connectivity index (χ0n) is 14.5. The van der Waals surface area contributed by atoms with E-state index < -0.39 is 20.8 Å². The Morgan fingerprint density at radius 2 is 1.63 bits per heavy atom. The molecule has 0 unspecified atom stereocenters. The van der Waals surface area contributed by atoms with Crippen LogP contribution in [0.15, 0.2) is 63.7 Å². The number of hydrogen-bond acceptors (Lipinski definition) is 7. The van der Waals surface area contributed by atoms with Gasteiger partial charge in [-0.05, 0) is 36.4 Å². The number of nitrogens with zero attached hydrogens (tertiary/aromatic N) is 3. The van der Waals surface area contributed by atoms with E-state index >= 15 is 0 Å². The second-order valence-corrected chi connectivity index (χ2v) is 7.42. The normalized spacial score (nSPS) is 12.0. The van der Waals surface area contributed by atoms with E-state index in [4.69, 9.17) is 0 Å². The number of phenolic OH excluding ortho intramolecular Hbond substituents is 2. The molecule has 0 heterocycles. The van der Waals surface area contributed by atoms with E-state index in [-0.39, 0.29) is 22.2 Å². The average Bonchev–Trinajstić information content (AvgIpc) is 2.60. The Labute approximate surface area is 155 Å². The fourth-order valence-electron chi connectivity index (χ4n) is 2.61. The summed E-state index contributed by atoms with van der Waals surface area (Å²) < 4.78 is 32.9. The summed E-state index contributed by atoms with van der Waals surface area (Å²) in [5.41, 5.74) is 1.24. The topological polar surface area (TPSA) is 123 Å². The highest BCUT2D eigenvalue weighted by atomic mass is 32.2. The van der Waals surface area contributed by atoms with Crippen molar-refractivity contribution in [3.8, 4) is 11.5 Å². The third-order valence-electron chi connectivity index (χ3n) is 3.97. The summed E-state index contributed by atoms with van der Waals surface area (Å²) >= 11 is 0. The van der Waals surface area contributed by atoms with Gasteiger partial charge in [-0.3, -0.25) is 4.55 Å². The Balaban J connectivity index is 2.14. The highest BCUT2D eigenvalue weighted by Crippen LogP contribution is 2.43. The molecular formula is C18H17N3O5S. The average molecular weight is 387 g/mol. The van der Waals surface area contributed by atoms with Gasteiger partial charge in [-0.2, -0.15) is 13.5 Å². The molecule has 8 nitrogen and oxygen atoms in total. The molecule has 9 heteroatoms. The van der Waals surface area contributed by atoms with Gasteiger partial charge >= 0.3 is 0 Å². The Morgan fingerprint density at radius 3 is 2.22 bits per heavy atom. The third kappa shape index (κ3) is 3.69. The van der Waals surface area contributed by atoms with Gasteiger partial charge < -0.3 is 15.1 Å². The number of benzene rings is 3. The van der Waals surface area contributed by atoms with Crippen molar-refractivity contribution >= 4 is 38.0 Å². The largest absolute Gasteiger partial charge is 0.507 e. The van der Waals surface area contributed by atoms with Gasteiger partial charge in [-0.25, -0.2) is 0 Å². The number of fused-ring (bicyclic) bond motifs is 1. The van der Waals surface area contributed by atoms with Gasteiger partial charge in [0, 0.05) is 25.2 Å². The molecule has 0 bridgehead atoms. The van der Waals surface area contributed by atoms with Gasteiger partial charge in [-0.15, -0.1) is 5.11 Å². The number of azo groups is 1. The highest BCUT2D eigenvalue weighted by Gasteiger charge is 2.21. The second kappa shape index (κ2) is 6.86. The van der Waals surface area contributed by atoms with Gasteiger partial charge in [0.15, 0.2) is 5.75 Å². The molecule has 3 rings (SSSR count). The maximum atomic E-state index is 11.7. The van der Waals surface area contributed by atoms with Crippen molar-refractivity contribution in [3.63, 3.8) is 0 Å². The first-order valence-electron chi connectivity index (χ1n) is 7.83. The lowest BCUT2D eigenvalue weighted by Crippen LogP contribution is -2.07. The predicted octanol–water partition coefficient (Wildman–Crippen LogP) is 3.98. The van der Waals surface area contributed by atoms with Crippen LogP contribution < -0.4 is 4.90 Å². The van der Waals surface area contributed by atoms with Crippen molar-refractivity contribution < 1.29 is 23.2 Å². The van der Waals surface area contributed by atoms with E-state index in [1.165, 1.54) is 18.2 Å². The first-order valence-corrected chi connectivity index (χ1v) is 9.27. The summed E-state index contributed by atoms with van der Waals surface area (Å²) in [5.74, 6) is -0.786. The molecule has 0 fully saturated rings. The number of rotatable bonds is 4. The van der Waals surface area contributed by atoms with Crippen LogP contribution >= 0.6 is 0 Å². The molecule has 3 aromatic rings. The maximum Gasteiger partial charge on any atom is 0.295 e. The smallest absolute Gasteiger partial charge is 0.295 e. The zero-order chi connectivity index (χ0) is 19.8. The first kappa shape index (κ1) is 18.6. The van der Waals surface area contributed by atoms with Crippen LogP contribution in [0.4, 0.5) is 17.1 Å². The fraction of sp³-hybridized carbons (Fsp3) is 0.111. The quantitative estimate of drug-likeness (QED) is 0.460. The van der Waals surface area contributed by atoms with Crippen LogP contribution in [0.2, 0.25) is 0 Å². The van der Waals surface area contributed by atoms with Gasteiger partial charge in [0.2, 0.25) is 0 Å². The molecule has 0 amide bonds. The molecule has 0 saturated carbocycles. The molecule has 0 aromatic heterocycles. The van der Waals surface area contributed by atoms with Gasteiger partial charge in [0.05, 0.1) is 11.1 Å². The predicted molar refractivity (Wildman–Crippen MR) is 102 cm³/mol. The Morgan fingerprint density at radius 1 is 0.963 bits per heavy atom. The van der Waals surface area contributed by atoms with Crippen LogP contribution in [0, 0.1) is 0 Å². The third-order valence-corrected chi connectivity index (χ3v) is 4.87. The van der Waals surface area contributed by atoms with Gasteiger partial charge in [-0.1, -0.05) is 12.1 Å². The summed E-state index contributed by atoms with van der Waals surface area (Å²) in [5, 5.41) is 28.2. The van der Waals surface area contributed by atoms with E-state index in [0.29, 0.717) is 5.69 Å². The van der Waals surface area contributed by atoms with Crippen molar-refractivity contribution in [2.45, 2.75) is 4.90 Å². The SMILES string of the molecule is CN(C)c1ccc(N=Nc2cc(S(=O)(=O)O)c3cccc(O)c3c2O)cc1. The first-order chi connectivity index (χ1) is 12.7. The van der Waals surface area contributed by atoms with Crippen LogP contribution in [0.3, 0.4) is 0 Å². The molecule has 27 heavy (non-hydrogen) atoms. The summed E-state index contributed by atoms with van der Waals surface area (Å²) in [7, 11) is -0.821. The molecule has 3 N–H and O–H groups in total. The van der Waals surface area contributed by atoms with E-state index in [2.05, 4.69) is 10.2 Å². The lowest BCUT2D eigenvalue weighted by atomic mass is 10.1. The molecule has 0 atom stereocenters. The lowest BCUT2D eigenvalue weighted by molar-refractivity contribution is 0.464. The van der Waals surface area contributed by atoms with Crippen molar-refractivity contribution in [1.29, 1.82) is 0 Å². The standard InChI is InChI=1S/C18H17N3O5S/c1-21(2)12-8-6-11(7-9-12)19-20-14-10-16(27(24,25)26)13-4-3-5-15(22)17(13)18(14)23/h3-10,22-23H,1-2H3,(H,24,25,26). The van der Waals surface area contributed by atoms with Gasteiger partial charge in [0.25, 0.3) is 10.1 Å². The Kier molecular flexibility index (Phi) is 4.73. The number of hydrogen-bond donors (Lipinski definition) is 3. The Hall–Kier alpha value is -3.17. The maximum absolute atomic E-state index is 11.7. The Bertz CT molecular complexity index is 1140. The number of aromatic hydroxyl groups is 2. The molecule has 0 aliphatic carbocycles. The van der Waals surface area contributed by atoms with Gasteiger partial charge in [0.1, 0.15) is 16.3 Å². The minimum Gasteiger partial charge on any atom is -0.507 e. The van der Waals surface area contributed by atoms with Crippen molar-refractivity contribution in [1.82, 2.24) is 0 Å². The van der Waals surface area contributed by atoms with E-state index in [1.807, 2.05) is 31.1 Å². The minimum atomic E-state index is -4.61. The van der Waals surface area contributed by atoms with E-state index in [1.54, 1.807) is 12.1 Å². The number of phenols is 2. The van der Waals surface area contributed by atoms with E-state index in [0.717, 1.165) is 11.8 Å². The zero-order valence-corrected chi connectivity index (χ0v) is 15.3. The van der Waals surface area contributed by atoms with Crippen LogP contribution in [-0.4, -0.2) is 37.3 Å². The van der Waals surface area contributed by atoms with Crippen LogP contribution in [0.25, 0.3) is 10.8 Å². The van der Waals surface area contributed by atoms with Crippen molar-refractivity contribution in [3.05, 3.63) is 48.5 Å². The lowest BCUT2D eigenvalue weighted by Gasteiger charge is -2.11. The summed E-state index contributed by atoms with van der Waals surface area (Å²) in [6.07, 6.45) is 0. The highest BCUT2D eigenvalue weighted by molar-refractivity contribution is 7.86. The van der Waals surface area contributed by atoms with Crippen LogP contribution in [0.5, 0.6) is 11.5 Å². The molecule has 0 saturated heterocycles. The molecule has 0 aliphatic heterocycles. The second-order valence-electron chi connectivity index (χ2n) is 6.03. The molecule has 0 radical (unpaired) electrons. The number of anilines is 1. The molecule has 0 spiro atoms. The summed E-state index contributed by atoms with van der Waals surface area (Å²) in [6, 6.07) is 12.1. The summed E-state index contributed by atoms with van der Waals surface area (Å²) in [6.45, 7) is 0. The van der Waals surface area contributed by atoms with Crippen LogP contribution in [0.1, 0.15) is 0 Å². The van der Waals surface area contributed by atoms with Crippen LogP contribution in [-0.2, 0) is 10.1 Å². The van der Waals surface area contributed by atoms with Crippen molar-refractivity contribution in [2.24, 2.45) is 10.2 Å². The van der Waals surface area contributed by atoms with Crippen molar-refractivity contribution in [2.75, 3.05) is 19.0 Å². The molecule has 140 valence electrons. The fourth-order valence-corrected chi connectivity index (χ4v) is 3.32. The molecule has 0 aliphatic rings. The monoisotopic (exact) mass is 387 g/mol. The minimum absolute atomic E-state index is 0.0238.